The second-order valence-electron chi connectivity index (χ2n) is 8.78. The van der Waals surface area contributed by atoms with Gasteiger partial charge in [-0.2, -0.15) is 0 Å². The molecule has 0 unspecified atom stereocenters. The second kappa shape index (κ2) is 8.69. The van der Waals surface area contributed by atoms with Crippen molar-refractivity contribution in [3.05, 3.63) is 35.8 Å². The van der Waals surface area contributed by atoms with Gasteiger partial charge in [-0.3, -0.25) is 4.57 Å². The van der Waals surface area contributed by atoms with E-state index < -0.39 is 7.59 Å². The summed E-state index contributed by atoms with van der Waals surface area (Å²) in [5.74, 6) is 0.308. The molecule has 0 aliphatic carbocycles. The Hall–Kier alpha value is -1.28. The molecule has 1 N–H and O–H groups in total. The Labute approximate surface area is 178 Å². The van der Waals surface area contributed by atoms with Crippen LogP contribution in [-0.4, -0.2) is 96.5 Å². The first-order valence-corrected chi connectivity index (χ1v) is 12.3. The first-order chi connectivity index (χ1) is 14.3. The van der Waals surface area contributed by atoms with E-state index in [2.05, 4.69) is 25.9 Å². The summed E-state index contributed by atoms with van der Waals surface area (Å²) in [7, 11) is 4.95. The lowest BCUT2D eigenvalue weighted by Crippen LogP contribution is -2.55. The highest BCUT2D eigenvalue weighted by Crippen LogP contribution is 2.53. The average molecular weight is 437 g/mol. The third-order valence-electron chi connectivity index (χ3n) is 6.63. The van der Waals surface area contributed by atoms with Crippen molar-refractivity contribution in [1.29, 1.82) is 0 Å². The number of hydrogen-bond acceptors (Lipinski definition) is 3. The molecule has 0 atom stereocenters. The highest BCUT2D eigenvalue weighted by Gasteiger charge is 2.38. The molecule has 7 nitrogen and oxygen atoms in total. The largest absolute Gasteiger partial charge is 0.361 e. The summed E-state index contributed by atoms with van der Waals surface area (Å²) in [6.45, 7) is 5.48. The predicted molar refractivity (Wildman–Crippen MR) is 120 cm³/mol. The van der Waals surface area contributed by atoms with E-state index in [1.165, 1.54) is 5.56 Å². The molecule has 2 fully saturated rings. The molecule has 2 aliphatic rings. The molecule has 1 aromatic carbocycles. The molecule has 0 amide bonds. The summed E-state index contributed by atoms with van der Waals surface area (Å²) in [5.41, 5.74) is 2.20. The Morgan fingerprint density at radius 3 is 2.17 bits per heavy atom. The number of nitrogens with one attached hydrogen (secondary N) is 1. The number of hydrogen-bond donors (Lipinski definition) is 1. The van der Waals surface area contributed by atoms with Gasteiger partial charge in [0.15, 0.2) is 0 Å². The van der Waals surface area contributed by atoms with Crippen LogP contribution in [0.5, 0.6) is 0 Å². The topological polar surface area (TPSA) is 49.1 Å². The van der Waals surface area contributed by atoms with Gasteiger partial charge < -0.3 is 4.98 Å². The van der Waals surface area contributed by atoms with E-state index in [0.717, 1.165) is 63.0 Å². The fraction of sp³-hybridized carbons (Fsp3) is 0.619. The van der Waals surface area contributed by atoms with Gasteiger partial charge in [-0.25, -0.2) is 28.4 Å². The van der Waals surface area contributed by atoms with Gasteiger partial charge in [-0.15, -0.1) is 0 Å². The minimum Gasteiger partial charge on any atom is -0.361 e. The molecular formula is C21H34FN6OP. The summed E-state index contributed by atoms with van der Waals surface area (Å²) < 4.78 is 32.8. The highest BCUT2D eigenvalue weighted by molar-refractivity contribution is 7.56. The monoisotopic (exact) mass is 436 g/mol. The van der Waals surface area contributed by atoms with Crippen molar-refractivity contribution in [1.82, 2.24) is 29.0 Å². The van der Waals surface area contributed by atoms with E-state index in [4.69, 9.17) is 0 Å². The number of piperidine rings is 1. The van der Waals surface area contributed by atoms with Crippen LogP contribution < -0.4 is 0 Å². The van der Waals surface area contributed by atoms with E-state index in [0.29, 0.717) is 5.92 Å². The predicted octanol–water partition coefficient (Wildman–Crippen LogP) is 3.25. The van der Waals surface area contributed by atoms with Crippen LogP contribution in [0.3, 0.4) is 0 Å². The maximum atomic E-state index is 13.5. The summed E-state index contributed by atoms with van der Waals surface area (Å²) in [6.07, 6.45) is 4.25. The van der Waals surface area contributed by atoms with Crippen LogP contribution in [0.2, 0.25) is 0 Å². The van der Waals surface area contributed by atoms with Gasteiger partial charge in [0, 0.05) is 56.4 Å². The summed E-state index contributed by atoms with van der Waals surface area (Å²) in [6, 6.07) is 5.03. The third-order valence-corrected chi connectivity index (χ3v) is 9.85. The molecule has 2 saturated heterocycles. The number of hydrazine groups is 1. The van der Waals surface area contributed by atoms with Crippen molar-refractivity contribution in [3.63, 3.8) is 0 Å². The second-order valence-corrected chi connectivity index (χ2v) is 12.0. The van der Waals surface area contributed by atoms with E-state index >= 15 is 0 Å². The average Bonchev–Trinajstić information content (AvgIpc) is 3.16. The zero-order valence-corrected chi connectivity index (χ0v) is 19.4. The van der Waals surface area contributed by atoms with Gasteiger partial charge in [0.05, 0.1) is 0 Å². The van der Waals surface area contributed by atoms with E-state index in [1.54, 1.807) is 12.1 Å². The summed E-state index contributed by atoms with van der Waals surface area (Å²) in [4.78, 5) is 3.23. The maximum absolute atomic E-state index is 13.5. The van der Waals surface area contributed by atoms with Crippen LogP contribution in [0.4, 0.5) is 4.39 Å². The summed E-state index contributed by atoms with van der Waals surface area (Å²) >= 11 is 0. The van der Waals surface area contributed by atoms with E-state index in [9.17, 15) is 8.96 Å². The maximum Gasteiger partial charge on any atom is 0.285 e. The lowest BCUT2D eigenvalue weighted by molar-refractivity contribution is -0.0620. The number of H-pyrrole nitrogens is 1. The Balaban J connectivity index is 1.35. The molecular weight excluding hydrogens is 402 g/mol. The molecule has 166 valence electrons. The molecule has 2 aromatic rings. The Kier molecular flexibility index (Phi) is 6.35. The lowest BCUT2D eigenvalue weighted by atomic mass is 9.89. The number of aromatic nitrogens is 1. The lowest BCUT2D eigenvalue weighted by Gasteiger charge is -2.47. The fourth-order valence-electron chi connectivity index (χ4n) is 5.01. The van der Waals surface area contributed by atoms with Crippen LogP contribution >= 0.6 is 7.59 Å². The molecule has 3 heterocycles. The van der Waals surface area contributed by atoms with Gasteiger partial charge in [-0.05, 0) is 70.7 Å². The molecule has 30 heavy (non-hydrogen) atoms. The molecule has 0 spiro atoms. The van der Waals surface area contributed by atoms with Crippen LogP contribution in [0, 0.1) is 5.82 Å². The number of nitrogens with zero attached hydrogens (tertiary/aromatic N) is 5. The van der Waals surface area contributed by atoms with Crippen molar-refractivity contribution < 1.29 is 8.96 Å². The third kappa shape index (κ3) is 3.97. The summed E-state index contributed by atoms with van der Waals surface area (Å²) in [5, 5.41) is 6.05. The van der Waals surface area contributed by atoms with Crippen molar-refractivity contribution in [3.8, 4) is 0 Å². The van der Waals surface area contributed by atoms with Crippen molar-refractivity contribution in [2.24, 2.45) is 0 Å². The molecule has 0 radical (unpaired) electrons. The van der Waals surface area contributed by atoms with Crippen molar-refractivity contribution >= 4 is 18.5 Å². The first kappa shape index (κ1) is 21.9. The van der Waals surface area contributed by atoms with Crippen LogP contribution in [-0.2, 0) is 4.57 Å². The van der Waals surface area contributed by atoms with Crippen LogP contribution in [0.15, 0.2) is 24.4 Å². The Morgan fingerprint density at radius 2 is 1.57 bits per heavy atom. The van der Waals surface area contributed by atoms with Crippen molar-refractivity contribution in [2.75, 3.05) is 67.5 Å². The molecule has 0 bridgehead atoms. The van der Waals surface area contributed by atoms with Crippen LogP contribution in [0.1, 0.15) is 24.3 Å². The number of piperazine rings is 1. The normalized spacial score (nSPS) is 21.3. The molecule has 2 aliphatic heterocycles. The highest BCUT2D eigenvalue weighted by atomic mass is 31.2. The van der Waals surface area contributed by atoms with Gasteiger partial charge >= 0.3 is 0 Å². The van der Waals surface area contributed by atoms with Gasteiger partial charge in [-0.1, -0.05) is 0 Å². The zero-order chi connectivity index (χ0) is 21.5. The fourth-order valence-corrected chi connectivity index (χ4v) is 7.44. The van der Waals surface area contributed by atoms with E-state index in [1.807, 2.05) is 43.6 Å². The standard InChI is InChI=1S/C21H34FN6OP/c1-24(2)30(29,25(3)4)28-13-11-27(12-14-28)26-9-7-17(8-10-26)20-16-23-21-15-18(22)5-6-19(20)21/h5-6,15-17,23H,7-14H2,1-4H3. The van der Waals surface area contributed by atoms with Crippen LogP contribution in [0.25, 0.3) is 10.9 Å². The molecule has 4 rings (SSSR count). The Bertz CT molecular complexity index is 903. The number of halogens is 1. The SMILES string of the molecule is CN(C)P(=O)(N(C)C)N1CCN(N2CCC(c3c[nH]c4cc(F)ccc34)CC2)CC1. The number of benzene rings is 1. The molecule has 1 aromatic heterocycles. The van der Waals surface area contributed by atoms with Gasteiger partial charge in [0.25, 0.3) is 7.59 Å². The van der Waals surface area contributed by atoms with E-state index in [-0.39, 0.29) is 5.82 Å². The molecule has 9 heteroatoms. The van der Waals surface area contributed by atoms with Gasteiger partial charge in [0.1, 0.15) is 5.82 Å². The quantitative estimate of drug-likeness (QED) is 0.727. The minimum atomic E-state index is -2.65. The Morgan fingerprint density at radius 1 is 0.967 bits per heavy atom. The van der Waals surface area contributed by atoms with Crippen molar-refractivity contribution in [2.45, 2.75) is 18.8 Å². The number of rotatable bonds is 5. The molecule has 0 saturated carbocycles. The first-order valence-electron chi connectivity index (χ1n) is 10.8. The number of aromatic amines is 1. The smallest absolute Gasteiger partial charge is 0.285 e. The number of fused-ring (bicyclic) bond motifs is 1. The zero-order valence-electron chi connectivity index (χ0n) is 18.5. The van der Waals surface area contributed by atoms with Gasteiger partial charge in [0.2, 0.25) is 0 Å². The minimum absolute atomic E-state index is 0.196.